The van der Waals surface area contributed by atoms with Crippen molar-refractivity contribution in [2.45, 2.75) is 6.61 Å². The Hall–Kier alpha value is -2.19. The fourth-order valence-electron chi connectivity index (χ4n) is 1.07. The Kier molecular flexibility index (Phi) is 4.70. The summed E-state index contributed by atoms with van der Waals surface area (Å²) in [6.07, 6.45) is 1.24. The van der Waals surface area contributed by atoms with E-state index in [1.165, 1.54) is 6.20 Å². The molecular formula is C11H12N4O. The summed E-state index contributed by atoms with van der Waals surface area (Å²) in [6, 6.07) is 9.14. The van der Waals surface area contributed by atoms with Crippen LogP contribution in [-0.2, 0) is 11.3 Å². The average molecular weight is 216 g/mol. The Morgan fingerprint density at radius 1 is 1.50 bits per heavy atom. The Bertz CT molecular complexity index is 417. The zero-order valence-corrected chi connectivity index (χ0v) is 8.68. The zero-order valence-electron chi connectivity index (χ0n) is 8.68. The lowest BCUT2D eigenvalue weighted by molar-refractivity contribution is 0.141. The van der Waals surface area contributed by atoms with E-state index in [9.17, 15) is 0 Å². The van der Waals surface area contributed by atoms with Gasteiger partial charge >= 0.3 is 0 Å². The highest BCUT2D eigenvalue weighted by Gasteiger charge is 1.97. The van der Waals surface area contributed by atoms with Crippen molar-refractivity contribution < 1.29 is 4.74 Å². The number of hydrogen-bond acceptors (Lipinski definition) is 5. The maximum atomic E-state index is 8.61. The second-order valence-electron chi connectivity index (χ2n) is 3.07. The van der Waals surface area contributed by atoms with Gasteiger partial charge in [0.2, 0.25) is 0 Å². The Balaban J connectivity index is 2.43. The van der Waals surface area contributed by atoms with Gasteiger partial charge in [-0.05, 0) is 17.7 Å². The molecule has 0 saturated carbocycles. The molecule has 0 radical (unpaired) electrons. The third kappa shape index (κ3) is 3.52. The third-order valence-corrected chi connectivity index (χ3v) is 1.94. The number of nitrogens with one attached hydrogen (secondary N) is 1. The Labute approximate surface area is 93.6 Å². The van der Waals surface area contributed by atoms with Crippen molar-refractivity contribution in [3.8, 4) is 6.07 Å². The molecule has 0 aliphatic heterocycles. The first kappa shape index (κ1) is 11.9. The van der Waals surface area contributed by atoms with Crippen LogP contribution in [0.3, 0.4) is 0 Å². The van der Waals surface area contributed by atoms with Crippen molar-refractivity contribution in [3.63, 3.8) is 0 Å². The predicted molar refractivity (Wildman–Crippen MR) is 58.2 cm³/mol. The van der Waals surface area contributed by atoms with Gasteiger partial charge in [-0.15, -0.1) is 0 Å². The molecule has 0 aromatic heterocycles. The van der Waals surface area contributed by atoms with E-state index in [1.807, 2.05) is 18.2 Å². The van der Waals surface area contributed by atoms with Gasteiger partial charge in [0, 0.05) is 6.20 Å². The number of hydrogen-bond donors (Lipinski definition) is 2. The van der Waals surface area contributed by atoms with Crippen LogP contribution in [-0.4, -0.2) is 6.61 Å². The second kappa shape index (κ2) is 6.32. The topological polar surface area (TPSA) is 95.2 Å². The van der Waals surface area contributed by atoms with Crippen LogP contribution in [0, 0.1) is 16.9 Å². The van der Waals surface area contributed by atoms with E-state index in [2.05, 4.69) is 5.11 Å². The van der Waals surface area contributed by atoms with Crippen molar-refractivity contribution in [3.05, 3.63) is 47.3 Å². The largest absolute Gasteiger partial charge is 0.403 e. The van der Waals surface area contributed by atoms with E-state index < -0.39 is 0 Å². The van der Waals surface area contributed by atoms with Crippen LogP contribution in [0.2, 0.25) is 0 Å². The molecule has 82 valence electrons. The minimum atomic E-state index is 0.208. The minimum absolute atomic E-state index is 0.208. The van der Waals surface area contributed by atoms with Crippen LogP contribution in [0.4, 0.5) is 0 Å². The van der Waals surface area contributed by atoms with Gasteiger partial charge < -0.3 is 10.5 Å². The van der Waals surface area contributed by atoms with Crippen LogP contribution in [0.15, 0.2) is 41.3 Å². The molecule has 0 bridgehead atoms. The summed E-state index contributed by atoms with van der Waals surface area (Å²) in [4.78, 5) is 0. The van der Waals surface area contributed by atoms with Crippen molar-refractivity contribution in [1.82, 2.24) is 0 Å². The highest BCUT2D eigenvalue weighted by atomic mass is 16.5. The molecule has 0 atom stereocenters. The summed E-state index contributed by atoms with van der Waals surface area (Å²) in [5.41, 5.74) is 13.9. The first-order chi connectivity index (χ1) is 7.80. The summed E-state index contributed by atoms with van der Waals surface area (Å²) >= 11 is 0. The van der Waals surface area contributed by atoms with Crippen LogP contribution in [0.1, 0.15) is 11.1 Å². The number of nitriles is 1. The number of nitrogens with zero attached hydrogens (tertiary/aromatic N) is 2. The molecular weight excluding hydrogens is 204 g/mol. The summed E-state index contributed by atoms with van der Waals surface area (Å²) in [5.74, 6) is 0. The first-order valence-electron chi connectivity index (χ1n) is 4.65. The van der Waals surface area contributed by atoms with Gasteiger partial charge in [-0.2, -0.15) is 10.4 Å². The molecule has 1 aromatic rings. The van der Waals surface area contributed by atoms with E-state index in [0.29, 0.717) is 17.9 Å². The first-order valence-corrected chi connectivity index (χ1v) is 4.65. The summed E-state index contributed by atoms with van der Waals surface area (Å²) in [6.45, 7) is 0.610. The zero-order chi connectivity index (χ0) is 11.8. The molecule has 0 spiro atoms. The maximum absolute atomic E-state index is 8.61. The summed E-state index contributed by atoms with van der Waals surface area (Å²) < 4.78 is 5.29. The van der Waals surface area contributed by atoms with Crippen LogP contribution >= 0.6 is 0 Å². The Morgan fingerprint density at radius 2 is 2.19 bits per heavy atom. The summed E-state index contributed by atoms with van der Waals surface area (Å²) in [7, 11) is 0. The van der Waals surface area contributed by atoms with E-state index in [0.717, 1.165) is 5.56 Å². The molecule has 5 heteroatoms. The molecule has 0 aliphatic rings. The number of benzene rings is 1. The number of rotatable bonds is 5. The van der Waals surface area contributed by atoms with Gasteiger partial charge in [-0.1, -0.05) is 12.1 Å². The van der Waals surface area contributed by atoms with Crippen LogP contribution in [0.5, 0.6) is 0 Å². The molecule has 1 aromatic carbocycles. The van der Waals surface area contributed by atoms with Gasteiger partial charge in [0.05, 0.1) is 24.8 Å². The number of nitrogens with two attached hydrogens (primary N) is 1. The molecule has 0 heterocycles. The molecule has 0 fully saturated rings. The average Bonchev–Trinajstić information content (AvgIpc) is 2.35. The van der Waals surface area contributed by atoms with Crippen LogP contribution in [0.25, 0.3) is 0 Å². The maximum Gasteiger partial charge on any atom is 0.103 e. The predicted octanol–water partition coefficient (Wildman–Crippen LogP) is 1.91. The number of ether oxygens (including phenoxy) is 1. The highest BCUT2D eigenvalue weighted by Crippen LogP contribution is 2.05. The van der Waals surface area contributed by atoms with Gasteiger partial charge in [-0.3, -0.25) is 0 Å². The third-order valence-electron chi connectivity index (χ3n) is 1.94. The molecule has 0 aliphatic carbocycles. The molecule has 5 nitrogen and oxygen atoms in total. The molecule has 0 saturated heterocycles. The van der Waals surface area contributed by atoms with Gasteiger partial charge in [0.15, 0.2) is 0 Å². The van der Waals surface area contributed by atoms with Crippen molar-refractivity contribution in [2.75, 3.05) is 6.61 Å². The van der Waals surface area contributed by atoms with Crippen molar-refractivity contribution >= 4 is 0 Å². The fourth-order valence-corrected chi connectivity index (χ4v) is 1.07. The smallest absolute Gasteiger partial charge is 0.103 e. The lowest BCUT2D eigenvalue weighted by Crippen LogP contribution is -1.99. The van der Waals surface area contributed by atoms with E-state index in [4.69, 9.17) is 21.3 Å². The standard InChI is InChI=1S/C11H12N4O/c12-5-9-1-3-10(4-2-9)7-16-8-11(6-13)15-14/h1-4,6,14H,7-8,13H2/b11-6-,15-14?. The molecule has 3 N–H and O–H groups in total. The quantitative estimate of drug-likeness (QED) is 0.736. The van der Waals surface area contributed by atoms with E-state index in [1.54, 1.807) is 12.1 Å². The van der Waals surface area contributed by atoms with Gasteiger partial charge in [0.1, 0.15) is 5.70 Å². The van der Waals surface area contributed by atoms with E-state index in [-0.39, 0.29) is 6.61 Å². The second-order valence-corrected chi connectivity index (χ2v) is 3.07. The Morgan fingerprint density at radius 3 is 2.69 bits per heavy atom. The summed E-state index contributed by atoms with van der Waals surface area (Å²) in [5, 5.41) is 11.8. The fraction of sp³-hybridized carbons (Fsp3) is 0.182. The molecule has 16 heavy (non-hydrogen) atoms. The molecule has 1 rings (SSSR count). The van der Waals surface area contributed by atoms with Crippen molar-refractivity contribution in [2.24, 2.45) is 10.8 Å². The van der Waals surface area contributed by atoms with E-state index >= 15 is 0 Å². The normalized spacial score (nSPS) is 10.8. The molecule has 0 amide bonds. The van der Waals surface area contributed by atoms with Crippen molar-refractivity contribution in [1.29, 1.82) is 10.8 Å². The monoisotopic (exact) mass is 216 g/mol. The SMILES string of the molecule is N#Cc1ccc(COC/C(=C/N)N=N)cc1. The lowest BCUT2D eigenvalue weighted by atomic mass is 10.2. The van der Waals surface area contributed by atoms with Gasteiger partial charge in [0.25, 0.3) is 0 Å². The molecule has 0 unspecified atom stereocenters. The lowest BCUT2D eigenvalue weighted by Gasteiger charge is -2.03. The highest BCUT2D eigenvalue weighted by molar-refractivity contribution is 5.31. The minimum Gasteiger partial charge on any atom is -0.403 e. The van der Waals surface area contributed by atoms with Gasteiger partial charge in [-0.25, -0.2) is 5.53 Å². The van der Waals surface area contributed by atoms with Crippen LogP contribution < -0.4 is 5.73 Å².